The molecule has 0 aromatic heterocycles. The summed E-state index contributed by atoms with van der Waals surface area (Å²) in [6, 6.07) is 0. The van der Waals surface area contributed by atoms with Crippen molar-refractivity contribution in [1.82, 2.24) is 0 Å². The maximum atomic E-state index is 12.0. The Kier molecular flexibility index (Phi) is 18.3. The zero-order valence-corrected chi connectivity index (χ0v) is 30.5. The lowest BCUT2D eigenvalue weighted by Crippen LogP contribution is -2.64. The van der Waals surface area contributed by atoms with Gasteiger partial charge in [0.1, 0.15) is 6.10 Å². The summed E-state index contributed by atoms with van der Waals surface area (Å²) in [5.74, 6) is -8.08. The van der Waals surface area contributed by atoms with E-state index in [1.54, 1.807) is 0 Å². The predicted octanol–water partition coefficient (Wildman–Crippen LogP) is -1.12. The van der Waals surface area contributed by atoms with Crippen molar-refractivity contribution in [3.8, 4) is 0 Å². The molecule has 2 saturated heterocycles. The van der Waals surface area contributed by atoms with E-state index in [1.807, 2.05) is 0 Å². The molecule has 0 spiro atoms. The minimum absolute atomic E-state index is 0.406. The first-order chi connectivity index (χ1) is 24.6. The van der Waals surface area contributed by atoms with E-state index in [4.69, 9.17) is 47.4 Å². The predicted molar refractivity (Wildman–Crippen MR) is 163 cm³/mol. The van der Waals surface area contributed by atoms with Crippen LogP contribution in [0.5, 0.6) is 0 Å². The molecule has 0 aromatic rings. The molecule has 0 radical (unpaired) electrons. The van der Waals surface area contributed by atoms with E-state index < -0.39 is 128 Å². The first-order valence-electron chi connectivity index (χ1n) is 15.4. The number of rotatable bonds is 11. The van der Waals surface area contributed by atoms with Crippen LogP contribution in [-0.2, 0) is 105 Å². The van der Waals surface area contributed by atoms with Crippen LogP contribution < -0.4 is 0 Å². The molecule has 0 bridgehead atoms. The van der Waals surface area contributed by atoms with Crippen LogP contribution in [0.2, 0.25) is 0 Å². The Bertz CT molecular complexity index is 1390. The molecule has 2 rings (SSSR count). The van der Waals surface area contributed by atoms with Crippen LogP contribution in [0.3, 0.4) is 0 Å². The molecule has 298 valence electrons. The molecule has 0 unspecified atom stereocenters. The van der Waals surface area contributed by atoms with Gasteiger partial charge in [0.05, 0.1) is 20.6 Å². The highest BCUT2D eigenvalue weighted by Crippen LogP contribution is 2.32. The summed E-state index contributed by atoms with van der Waals surface area (Å²) in [7, 11) is 2.19. The zero-order valence-electron chi connectivity index (χ0n) is 30.5. The quantitative estimate of drug-likeness (QED) is 0.178. The number of carbonyl (C=O) groups excluding carboxylic acids is 10. The Morgan fingerprint density at radius 1 is 0.396 bits per heavy atom. The lowest BCUT2D eigenvalue weighted by atomic mass is 9.96. The fourth-order valence-electron chi connectivity index (χ4n) is 4.86. The van der Waals surface area contributed by atoms with E-state index in [9.17, 15) is 47.9 Å². The maximum absolute atomic E-state index is 12.0. The van der Waals surface area contributed by atoms with Crippen LogP contribution in [-0.4, -0.2) is 135 Å². The fourth-order valence-corrected chi connectivity index (χ4v) is 4.86. The van der Waals surface area contributed by atoms with Gasteiger partial charge in [0.2, 0.25) is 24.8 Å². The Balaban J connectivity index is 0.000000530. The number of hydrogen-bond acceptors (Lipinski definition) is 22. The molecule has 2 aliphatic rings. The van der Waals surface area contributed by atoms with Crippen molar-refractivity contribution >= 4 is 59.7 Å². The summed E-state index contributed by atoms with van der Waals surface area (Å²) in [4.78, 5) is 115. The van der Waals surface area contributed by atoms with Crippen LogP contribution in [0.15, 0.2) is 0 Å². The SMILES string of the molecule is COC(=O)C[C@H]1O[C@@H](OC(C)=O)[C@@H](OC(C)=O)[C@@H](OC(C)=O)[C@@H]1OC(C)=O.COC(=O)[C@H]1O[C@@H](OC(C)=O)[C@H](OC(C)=O)[C@@H](OC(C)=O)[C@@H]1OC(C)=O. The number of methoxy groups -OCH3 is 2. The summed E-state index contributed by atoms with van der Waals surface area (Å²) in [5, 5.41) is 0. The molecular weight excluding hydrogens is 724 g/mol. The molecule has 53 heavy (non-hydrogen) atoms. The second kappa shape index (κ2) is 21.2. The van der Waals surface area contributed by atoms with Crippen molar-refractivity contribution in [3.63, 3.8) is 0 Å². The molecular formula is C31H42O22. The number of carbonyl (C=O) groups is 10. The first-order valence-corrected chi connectivity index (χ1v) is 15.4. The minimum atomic E-state index is -1.60. The van der Waals surface area contributed by atoms with Crippen molar-refractivity contribution in [1.29, 1.82) is 0 Å². The van der Waals surface area contributed by atoms with E-state index in [1.165, 1.54) is 0 Å². The maximum Gasteiger partial charge on any atom is 0.339 e. The van der Waals surface area contributed by atoms with Crippen molar-refractivity contribution in [3.05, 3.63) is 0 Å². The Morgan fingerprint density at radius 3 is 1.08 bits per heavy atom. The van der Waals surface area contributed by atoms with Gasteiger partial charge in [0.15, 0.2) is 30.5 Å². The molecule has 2 fully saturated rings. The van der Waals surface area contributed by atoms with E-state index >= 15 is 0 Å². The topological polar surface area (TPSA) is 281 Å². The zero-order chi connectivity index (χ0) is 40.7. The fraction of sp³-hybridized carbons (Fsp3) is 0.677. The van der Waals surface area contributed by atoms with Crippen molar-refractivity contribution in [2.24, 2.45) is 0 Å². The highest BCUT2D eigenvalue weighted by atomic mass is 16.8. The van der Waals surface area contributed by atoms with Gasteiger partial charge in [0.25, 0.3) is 0 Å². The monoisotopic (exact) mass is 766 g/mol. The van der Waals surface area contributed by atoms with Crippen LogP contribution in [0.1, 0.15) is 61.8 Å². The van der Waals surface area contributed by atoms with Gasteiger partial charge in [-0.05, 0) is 0 Å². The third-order valence-corrected chi connectivity index (χ3v) is 6.49. The molecule has 22 nitrogen and oxygen atoms in total. The summed E-state index contributed by atoms with van der Waals surface area (Å²) in [6.45, 7) is 8.57. The van der Waals surface area contributed by atoms with Crippen molar-refractivity contribution < 1.29 is 105 Å². The van der Waals surface area contributed by atoms with Gasteiger partial charge in [-0.1, -0.05) is 0 Å². The molecule has 2 aliphatic heterocycles. The Labute approximate surface area is 302 Å². The second-order valence-corrected chi connectivity index (χ2v) is 10.9. The molecule has 2 heterocycles. The highest BCUT2D eigenvalue weighted by Gasteiger charge is 2.56. The third kappa shape index (κ3) is 15.0. The standard InChI is InChI=1S/C16H22O11.C15H20O11/c1-7(17)23-13-11(6-12(21)22-5)27-16(26-10(4)20)15(25-9(3)19)14(13)24-8(2)18;1-6(16)22-10-11(23-7(2)17)13(24-8(3)18)15(25-9(4)19)26-12(10)14(20)21-5/h11,13-16H,6H2,1-5H3;10-13,15H,1-5H3/t11-,13-,14+,15+,16-;10-,11-,12-,13+,15+/m10/s1. The molecule has 0 saturated carbocycles. The highest BCUT2D eigenvalue weighted by molar-refractivity contribution is 5.77. The third-order valence-electron chi connectivity index (χ3n) is 6.49. The Morgan fingerprint density at radius 2 is 0.717 bits per heavy atom. The minimum Gasteiger partial charge on any atom is -0.469 e. The molecule has 0 amide bonds. The van der Waals surface area contributed by atoms with E-state index in [2.05, 4.69) is 9.47 Å². The van der Waals surface area contributed by atoms with Crippen molar-refractivity contribution in [2.45, 2.75) is 123 Å². The summed E-state index contributed by atoms with van der Waals surface area (Å²) >= 11 is 0. The van der Waals surface area contributed by atoms with E-state index in [0.717, 1.165) is 69.6 Å². The summed E-state index contributed by atoms with van der Waals surface area (Å²) < 4.78 is 60.4. The van der Waals surface area contributed by atoms with E-state index in [0.29, 0.717) is 0 Å². The first kappa shape index (κ1) is 45.6. The van der Waals surface area contributed by atoms with Crippen LogP contribution in [0, 0.1) is 0 Å². The molecule has 10 atom stereocenters. The van der Waals surface area contributed by atoms with Crippen LogP contribution in [0.4, 0.5) is 0 Å². The summed E-state index contributed by atoms with van der Waals surface area (Å²) in [5.41, 5.74) is 0. The number of esters is 10. The molecule has 0 aliphatic carbocycles. The van der Waals surface area contributed by atoms with E-state index in [-0.39, 0.29) is 0 Å². The average Bonchev–Trinajstić information content (AvgIpc) is 3.01. The lowest BCUT2D eigenvalue weighted by Gasteiger charge is -2.43. The van der Waals surface area contributed by atoms with Gasteiger partial charge in [-0.15, -0.1) is 0 Å². The van der Waals surface area contributed by atoms with Gasteiger partial charge in [-0.2, -0.15) is 0 Å². The smallest absolute Gasteiger partial charge is 0.339 e. The number of ether oxygens (including phenoxy) is 12. The molecule has 22 heteroatoms. The average molecular weight is 767 g/mol. The van der Waals surface area contributed by atoms with Gasteiger partial charge >= 0.3 is 59.7 Å². The van der Waals surface area contributed by atoms with Crippen LogP contribution >= 0.6 is 0 Å². The largest absolute Gasteiger partial charge is 0.469 e. The normalized spacial score (nSPS) is 27.4. The van der Waals surface area contributed by atoms with Crippen molar-refractivity contribution in [2.75, 3.05) is 14.2 Å². The van der Waals surface area contributed by atoms with Gasteiger partial charge in [-0.3, -0.25) is 43.2 Å². The molecule has 0 aromatic carbocycles. The molecule has 0 N–H and O–H groups in total. The lowest BCUT2D eigenvalue weighted by molar-refractivity contribution is -0.296. The number of hydrogen-bond donors (Lipinski definition) is 0. The van der Waals surface area contributed by atoms with Gasteiger partial charge in [0, 0.05) is 55.4 Å². The summed E-state index contributed by atoms with van der Waals surface area (Å²) in [6.07, 6.45) is -14.9. The Hall–Kier alpha value is -5.38. The van der Waals surface area contributed by atoms with Gasteiger partial charge in [-0.25, -0.2) is 4.79 Å². The van der Waals surface area contributed by atoms with Crippen LogP contribution in [0.25, 0.3) is 0 Å². The second-order valence-electron chi connectivity index (χ2n) is 10.9. The van der Waals surface area contributed by atoms with Gasteiger partial charge < -0.3 is 56.8 Å².